The second-order valence-corrected chi connectivity index (χ2v) is 5.68. The Morgan fingerprint density at radius 1 is 1.22 bits per heavy atom. The van der Waals surface area contributed by atoms with Crippen LogP contribution in [-0.4, -0.2) is 4.98 Å². The summed E-state index contributed by atoms with van der Waals surface area (Å²) in [4.78, 5) is 5.57. The fourth-order valence-corrected chi connectivity index (χ4v) is 3.23. The zero-order valence-corrected chi connectivity index (χ0v) is 11.0. The summed E-state index contributed by atoms with van der Waals surface area (Å²) in [5, 5.41) is 12.0. The van der Waals surface area contributed by atoms with Crippen molar-refractivity contribution in [2.45, 2.75) is 0 Å². The number of hydrogen-bond acceptors (Lipinski definition) is 4. The number of hydrogen-bond donors (Lipinski definition) is 0. The third-order valence-electron chi connectivity index (χ3n) is 2.47. The van der Waals surface area contributed by atoms with E-state index in [4.69, 9.17) is 0 Å². The Morgan fingerprint density at radius 3 is 2.83 bits per heavy atom. The summed E-state index contributed by atoms with van der Waals surface area (Å²) in [7, 11) is 0. The van der Waals surface area contributed by atoms with Crippen LogP contribution in [0.2, 0.25) is 0 Å². The van der Waals surface area contributed by atoms with Crippen molar-refractivity contribution in [1.82, 2.24) is 4.98 Å². The third-order valence-corrected chi connectivity index (χ3v) is 4.36. The van der Waals surface area contributed by atoms with Gasteiger partial charge in [-0.3, -0.25) is 0 Å². The standard InChI is InChI=1S/C14H8N2S2/c15-9-10(8-11-4-3-7-17-11)14-16-12-5-1-2-6-13(12)18-14/h1-8H/b10-8+. The maximum atomic E-state index is 9.26. The molecule has 0 bridgehead atoms. The molecular formula is C14H8N2S2. The van der Waals surface area contributed by atoms with Gasteiger partial charge < -0.3 is 0 Å². The van der Waals surface area contributed by atoms with E-state index in [1.807, 2.05) is 47.9 Å². The van der Waals surface area contributed by atoms with Gasteiger partial charge in [-0.1, -0.05) is 18.2 Å². The van der Waals surface area contributed by atoms with Gasteiger partial charge in [-0.05, 0) is 29.7 Å². The highest BCUT2D eigenvalue weighted by Crippen LogP contribution is 2.28. The molecule has 0 aliphatic rings. The molecule has 0 N–H and O–H groups in total. The number of nitrogens with zero attached hydrogens (tertiary/aromatic N) is 2. The number of thiophene rings is 1. The molecule has 0 radical (unpaired) electrons. The summed E-state index contributed by atoms with van der Waals surface area (Å²) < 4.78 is 1.11. The third kappa shape index (κ3) is 2.06. The van der Waals surface area contributed by atoms with Crippen molar-refractivity contribution in [1.29, 1.82) is 5.26 Å². The topological polar surface area (TPSA) is 36.7 Å². The van der Waals surface area contributed by atoms with E-state index in [0.717, 1.165) is 20.1 Å². The van der Waals surface area contributed by atoms with Crippen LogP contribution in [0, 0.1) is 11.3 Å². The fraction of sp³-hybridized carbons (Fsp3) is 0. The van der Waals surface area contributed by atoms with Crippen LogP contribution in [-0.2, 0) is 0 Å². The van der Waals surface area contributed by atoms with Crippen LogP contribution >= 0.6 is 22.7 Å². The van der Waals surface area contributed by atoms with Gasteiger partial charge in [-0.25, -0.2) is 4.98 Å². The van der Waals surface area contributed by atoms with Crippen molar-refractivity contribution in [2.75, 3.05) is 0 Å². The molecule has 0 aliphatic carbocycles. The minimum Gasteiger partial charge on any atom is -0.235 e. The molecule has 4 heteroatoms. The van der Waals surface area contributed by atoms with Gasteiger partial charge >= 0.3 is 0 Å². The van der Waals surface area contributed by atoms with Crippen molar-refractivity contribution in [3.05, 3.63) is 51.7 Å². The molecule has 0 aliphatic heterocycles. The SMILES string of the molecule is N#C/C(=C\c1cccs1)c1nc2ccccc2s1. The lowest BCUT2D eigenvalue weighted by molar-refractivity contribution is 1.44. The molecule has 0 atom stereocenters. The van der Waals surface area contributed by atoms with E-state index in [2.05, 4.69) is 11.1 Å². The Kier molecular flexibility index (Phi) is 2.93. The van der Waals surface area contributed by atoms with E-state index < -0.39 is 0 Å². The van der Waals surface area contributed by atoms with E-state index in [1.165, 1.54) is 0 Å². The molecule has 86 valence electrons. The predicted molar refractivity (Wildman–Crippen MR) is 77.4 cm³/mol. The first-order valence-corrected chi connectivity index (χ1v) is 7.08. The fourth-order valence-electron chi connectivity index (χ4n) is 1.64. The lowest BCUT2D eigenvalue weighted by atomic mass is 10.2. The molecule has 2 heterocycles. The lowest BCUT2D eigenvalue weighted by Crippen LogP contribution is -1.78. The molecule has 0 saturated carbocycles. The minimum absolute atomic E-state index is 0.624. The van der Waals surface area contributed by atoms with Crippen LogP contribution in [0.4, 0.5) is 0 Å². The minimum atomic E-state index is 0.624. The average Bonchev–Trinajstić information content (AvgIpc) is 3.04. The lowest BCUT2D eigenvalue weighted by Gasteiger charge is -1.90. The second kappa shape index (κ2) is 4.73. The first-order chi connectivity index (χ1) is 8.86. The van der Waals surface area contributed by atoms with E-state index in [9.17, 15) is 5.26 Å². The summed E-state index contributed by atoms with van der Waals surface area (Å²) in [6.45, 7) is 0. The Labute approximate surface area is 112 Å². The average molecular weight is 268 g/mol. The van der Waals surface area contributed by atoms with Gasteiger partial charge in [-0.15, -0.1) is 22.7 Å². The zero-order chi connectivity index (χ0) is 12.4. The Balaban J connectivity index is 2.09. The summed E-state index contributed by atoms with van der Waals surface area (Å²) in [5.41, 5.74) is 1.57. The highest BCUT2D eigenvalue weighted by atomic mass is 32.1. The van der Waals surface area contributed by atoms with E-state index in [1.54, 1.807) is 22.7 Å². The smallest absolute Gasteiger partial charge is 0.135 e. The van der Waals surface area contributed by atoms with Crippen LogP contribution in [0.15, 0.2) is 41.8 Å². The van der Waals surface area contributed by atoms with Crippen molar-refractivity contribution in [3.63, 3.8) is 0 Å². The van der Waals surface area contributed by atoms with E-state index in [0.29, 0.717) is 5.57 Å². The molecular weight excluding hydrogens is 260 g/mol. The van der Waals surface area contributed by atoms with Gasteiger partial charge in [0.15, 0.2) is 0 Å². The van der Waals surface area contributed by atoms with Crippen molar-refractivity contribution >= 4 is 44.5 Å². The molecule has 18 heavy (non-hydrogen) atoms. The van der Waals surface area contributed by atoms with Gasteiger partial charge in [0.1, 0.15) is 11.1 Å². The summed E-state index contributed by atoms with van der Waals surface area (Å²) in [6, 6.07) is 14.1. The number of rotatable bonds is 2. The van der Waals surface area contributed by atoms with Crippen LogP contribution in [0.3, 0.4) is 0 Å². The maximum Gasteiger partial charge on any atom is 0.135 e. The quantitative estimate of drug-likeness (QED) is 0.645. The molecule has 3 rings (SSSR count). The first-order valence-electron chi connectivity index (χ1n) is 5.38. The Morgan fingerprint density at radius 2 is 2.11 bits per heavy atom. The number of fused-ring (bicyclic) bond motifs is 1. The molecule has 0 unspecified atom stereocenters. The van der Waals surface area contributed by atoms with Gasteiger partial charge in [0.05, 0.1) is 15.8 Å². The van der Waals surface area contributed by atoms with E-state index in [-0.39, 0.29) is 0 Å². The Bertz CT molecular complexity index is 713. The Hall–Kier alpha value is -1.96. The largest absolute Gasteiger partial charge is 0.235 e. The first kappa shape index (κ1) is 11.1. The van der Waals surface area contributed by atoms with Gasteiger partial charge in [-0.2, -0.15) is 5.26 Å². The highest BCUT2D eigenvalue weighted by molar-refractivity contribution is 7.19. The molecule has 3 aromatic rings. The van der Waals surface area contributed by atoms with Crippen LogP contribution in [0.25, 0.3) is 21.9 Å². The predicted octanol–water partition coefficient (Wildman–Crippen LogP) is 4.42. The van der Waals surface area contributed by atoms with E-state index >= 15 is 0 Å². The highest BCUT2D eigenvalue weighted by Gasteiger charge is 2.08. The number of para-hydroxylation sites is 1. The molecule has 0 fully saturated rings. The summed E-state index contributed by atoms with van der Waals surface area (Å²) in [5.74, 6) is 0. The molecule has 0 amide bonds. The number of thiazole rings is 1. The molecule has 0 spiro atoms. The van der Waals surface area contributed by atoms with Crippen molar-refractivity contribution in [3.8, 4) is 6.07 Å². The molecule has 1 aromatic carbocycles. The van der Waals surface area contributed by atoms with Crippen LogP contribution < -0.4 is 0 Å². The summed E-state index contributed by atoms with van der Waals surface area (Å²) in [6.07, 6.45) is 1.89. The zero-order valence-electron chi connectivity index (χ0n) is 9.33. The number of aromatic nitrogens is 1. The van der Waals surface area contributed by atoms with Crippen LogP contribution in [0.1, 0.15) is 9.88 Å². The van der Waals surface area contributed by atoms with Gasteiger partial charge in [0.2, 0.25) is 0 Å². The second-order valence-electron chi connectivity index (χ2n) is 3.67. The van der Waals surface area contributed by atoms with Gasteiger partial charge in [0.25, 0.3) is 0 Å². The molecule has 0 saturated heterocycles. The van der Waals surface area contributed by atoms with Crippen molar-refractivity contribution < 1.29 is 0 Å². The monoisotopic (exact) mass is 268 g/mol. The van der Waals surface area contributed by atoms with Gasteiger partial charge in [0, 0.05) is 4.88 Å². The number of allylic oxidation sites excluding steroid dienone is 1. The maximum absolute atomic E-state index is 9.26. The summed E-state index contributed by atoms with van der Waals surface area (Å²) >= 11 is 3.17. The van der Waals surface area contributed by atoms with Crippen LogP contribution in [0.5, 0.6) is 0 Å². The molecule has 2 aromatic heterocycles. The number of nitriles is 1. The molecule has 2 nitrogen and oxygen atoms in total. The van der Waals surface area contributed by atoms with Crippen molar-refractivity contribution in [2.24, 2.45) is 0 Å². The number of benzene rings is 1. The normalized spacial score (nSPS) is 11.6.